The molecular formula is C23H23NO2. The lowest BCUT2D eigenvalue weighted by atomic mass is 9.97. The molecule has 3 nitrogen and oxygen atoms in total. The molecule has 132 valence electrons. The van der Waals surface area contributed by atoms with E-state index in [1.807, 2.05) is 61.5 Å². The molecule has 3 heteroatoms. The molecule has 3 aromatic carbocycles. The Kier molecular flexibility index (Phi) is 5.37. The van der Waals surface area contributed by atoms with Gasteiger partial charge < -0.3 is 10.1 Å². The third-order valence-corrected chi connectivity index (χ3v) is 4.44. The van der Waals surface area contributed by atoms with Gasteiger partial charge in [-0.3, -0.25) is 4.79 Å². The summed E-state index contributed by atoms with van der Waals surface area (Å²) in [4.78, 5) is 12.9. The number of methoxy groups -OCH3 is 1. The molecule has 0 aliphatic heterocycles. The van der Waals surface area contributed by atoms with Crippen LogP contribution in [0.1, 0.15) is 38.7 Å². The third-order valence-electron chi connectivity index (χ3n) is 4.44. The minimum absolute atomic E-state index is 0.105. The van der Waals surface area contributed by atoms with Crippen LogP contribution >= 0.6 is 0 Å². The molecule has 1 amide bonds. The quantitative estimate of drug-likeness (QED) is 0.719. The van der Waals surface area contributed by atoms with Gasteiger partial charge in [-0.25, -0.2) is 0 Å². The predicted molar refractivity (Wildman–Crippen MR) is 105 cm³/mol. The van der Waals surface area contributed by atoms with Crippen LogP contribution in [0, 0.1) is 13.8 Å². The minimum Gasteiger partial charge on any atom is -0.496 e. The van der Waals surface area contributed by atoms with Gasteiger partial charge in [0, 0.05) is 5.56 Å². The van der Waals surface area contributed by atoms with E-state index >= 15 is 0 Å². The van der Waals surface area contributed by atoms with E-state index in [1.54, 1.807) is 13.2 Å². The number of aryl methyl sites for hydroxylation is 2. The zero-order chi connectivity index (χ0) is 18.5. The van der Waals surface area contributed by atoms with Gasteiger partial charge in [-0.15, -0.1) is 0 Å². The number of ether oxygens (including phenoxy) is 1. The average Bonchev–Trinajstić information content (AvgIpc) is 2.66. The number of hydrogen-bond acceptors (Lipinski definition) is 2. The van der Waals surface area contributed by atoms with Crippen LogP contribution in [-0.4, -0.2) is 13.0 Å². The standard InChI is InChI=1S/C23H23NO2/c1-16-8-7-11-19(14-16)22(18-9-5-4-6-10-18)24-23(25)20-12-13-21(26-3)17(2)15-20/h4-15,22H,1-3H3,(H,24,25)/t22-/m0/s1. The molecule has 0 bridgehead atoms. The average molecular weight is 345 g/mol. The number of rotatable bonds is 5. The lowest BCUT2D eigenvalue weighted by Crippen LogP contribution is -2.29. The van der Waals surface area contributed by atoms with Gasteiger partial charge in [-0.05, 0) is 48.7 Å². The summed E-state index contributed by atoms with van der Waals surface area (Å²) in [6, 6.07) is 23.5. The first-order chi connectivity index (χ1) is 12.6. The smallest absolute Gasteiger partial charge is 0.252 e. The van der Waals surface area contributed by atoms with E-state index in [1.165, 1.54) is 0 Å². The summed E-state index contributed by atoms with van der Waals surface area (Å²) in [5, 5.41) is 3.18. The Balaban J connectivity index is 1.93. The molecule has 0 aromatic heterocycles. The number of amides is 1. The fourth-order valence-corrected chi connectivity index (χ4v) is 3.09. The Labute approximate surface area is 154 Å². The van der Waals surface area contributed by atoms with Crippen molar-refractivity contribution in [1.82, 2.24) is 5.32 Å². The molecule has 1 N–H and O–H groups in total. The van der Waals surface area contributed by atoms with Crippen LogP contribution in [0.5, 0.6) is 5.75 Å². The van der Waals surface area contributed by atoms with Gasteiger partial charge >= 0.3 is 0 Å². The molecular weight excluding hydrogens is 322 g/mol. The maximum atomic E-state index is 12.9. The first kappa shape index (κ1) is 17.7. The number of carbonyl (C=O) groups excluding carboxylic acids is 1. The van der Waals surface area contributed by atoms with Crippen molar-refractivity contribution in [2.45, 2.75) is 19.9 Å². The summed E-state index contributed by atoms with van der Waals surface area (Å²) in [5.74, 6) is 0.672. The molecule has 1 atom stereocenters. The molecule has 26 heavy (non-hydrogen) atoms. The van der Waals surface area contributed by atoms with Crippen molar-refractivity contribution >= 4 is 5.91 Å². The molecule has 3 rings (SSSR count). The van der Waals surface area contributed by atoms with Gasteiger partial charge in [0.1, 0.15) is 5.75 Å². The first-order valence-electron chi connectivity index (χ1n) is 8.65. The lowest BCUT2D eigenvalue weighted by molar-refractivity contribution is 0.0943. The summed E-state index contributed by atoms with van der Waals surface area (Å²) in [5.41, 5.74) is 4.84. The summed E-state index contributed by atoms with van der Waals surface area (Å²) >= 11 is 0. The summed E-state index contributed by atoms with van der Waals surface area (Å²) in [7, 11) is 1.63. The lowest BCUT2D eigenvalue weighted by Gasteiger charge is -2.21. The highest BCUT2D eigenvalue weighted by molar-refractivity contribution is 5.95. The SMILES string of the molecule is COc1ccc(C(=O)N[C@@H](c2ccccc2)c2cccc(C)c2)cc1C. The monoisotopic (exact) mass is 345 g/mol. The van der Waals surface area contributed by atoms with Crippen molar-refractivity contribution in [3.8, 4) is 5.75 Å². The Morgan fingerprint density at radius 3 is 2.27 bits per heavy atom. The van der Waals surface area contributed by atoms with Crippen molar-refractivity contribution < 1.29 is 9.53 Å². The molecule has 0 aliphatic rings. The van der Waals surface area contributed by atoms with Crippen LogP contribution in [-0.2, 0) is 0 Å². The maximum absolute atomic E-state index is 12.9. The van der Waals surface area contributed by atoms with Crippen molar-refractivity contribution in [3.05, 3.63) is 101 Å². The third kappa shape index (κ3) is 3.94. The predicted octanol–water partition coefficient (Wildman–Crippen LogP) is 4.83. The first-order valence-corrected chi connectivity index (χ1v) is 8.65. The molecule has 0 saturated carbocycles. The Morgan fingerprint density at radius 1 is 0.885 bits per heavy atom. The second kappa shape index (κ2) is 7.87. The van der Waals surface area contributed by atoms with Gasteiger partial charge in [-0.2, -0.15) is 0 Å². The van der Waals surface area contributed by atoms with E-state index in [9.17, 15) is 4.79 Å². The fourth-order valence-electron chi connectivity index (χ4n) is 3.09. The molecule has 0 saturated heterocycles. The van der Waals surface area contributed by atoms with Crippen LogP contribution in [0.2, 0.25) is 0 Å². The number of hydrogen-bond donors (Lipinski definition) is 1. The highest BCUT2D eigenvalue weighted by Gasteiger charge is 2.18. The van der Waals surface area contributed by atoms with Crippen LogP contribution in [0.4, 0.5) is 0 Å². The van der Waals surface area contributed by atoms with Gasteiger partial charge in [0.2, 0.25) is 0 Å². The topological polar surface area (TPSA) is 38.3 Å². The van der Waals surface area contributed by atoms with Crippen molar-refractivity contribution in [2.24, 2.45) is 0 Å². The Hall–Kier alpha value is -3.07. The summed E-state index contributed by atoms with van der Waals surface area (Å²) in [6.07, 6.45) is 0. The zero-order valence-electron chi connectivity index (χ0n) is 15.3. The summed E-state index contributed by atoms with van der Waals surface area (Å²) in [6.45, 7) is 3.99. The molecule has 0 fully saturated rings. The molecule has 0 spiro atoms. The summed E-state index contributed by atoms with van der Waals surface area (Å²) < 4.78 is 5.28. The van der Waals surface area contributed by atoms with E-state index in [0.717, 1.165) is 28.0 Å². The van der Waals surface area contributed by atoms with Crippen LogP contribution in [0.15, 0.2) is 72.8 Å². The molecule has 0 radical (unpaired) electrons. The van der Waals surface area contributed by atoms with E-state index in [2.05, 4.69) is 24.4 Å². The highest BCUT2D eigenvalue weighted by atomic mass is 16.5. The van der Waals surface area contributed by atoms with Gasteiger partial charge in [-0.1, -0.05) is 60.2 Å². The second-order valence-corrected chi connectivity index (χ2v) is 6.42. The van der Waals surface area contributed by atoms with Gasteiger partial charge in [0.25, 0.3) is 5.91 Å². The van der Waals surface area contributed by atoms with Gasteiger partial charge in [0.05, 0.1) is 13.2 Å². The highest BCUT2D eigenvalue weighted by Crippen LogP contribution is 2.24. The number of carbonyl (C=O) groups is 1. The van der Waals surface area contributed by atoms with Gasteiger partial charge in [0.15, 0.2) is 0 Å². The van der Waals surface area contributed by atoms with E-state index < -0.39 is 0 Å². The van der Waals surface area contributed by atoms with Crippen molar-refractivity contribution in [1.29, 1.82) is 0 Å². The minimum atomic E-state index is -0.203. The van der Waals surface area contributed by atoms with Crippen LogP contribution in [0.3, 0.4) is 0 Å². The zero-order valence-corrected chi connectivity index (χ0v) is 15.3. The second-order valence-electron chi connectivity index (χ2n) is 6.42. The number of benzene rings is 3. The van der Waals surface area contributed by atoms with E-state index in [-0.39, 0.29) is 11.9 Å². The van der Waals surface area contributed by atoms with Crippen LogP contribution < -0.4 is 10.1 Å². The van der Waals surface area contributed by atoms with Crippen LogP contribution in [0.25, 0.3) is 0 Å². The van der Waals surface area contributed by atoms with E-state index in [0.29, 0.717) is 5.56 Å². The normalized spacial score (nSPS) is 11.7. The van der Waals surface area contributed by atoms with Crippen molar-refractivity contribution in [2.75, 3.05) is 7.11 Å². The molecule has 0 unspecified atom stereocenters. The van der Waals surface area contributed by atoms with Crippen molar-refractivity contribution in [3.63, 3.8) is 0 Å². The Morgan fingerprint density at radius 2 is 1.62 bits per heavy atom. The fraction of sp³-hybridized carbons (Fsp3) is 0.174. The maximum Gasteiger partial charge on any atom is 0.252 e. The molecule has 0 aliphatic carbocycles. The van der Waals surface area contributed by atoms with E-state index in [4.69, 9.17) is 4.74 Å². The number of nitrogens with one attached hydrogen (secondary N) is 1. The molecule has 3 aromatic rings. The largest absolute Gasteiger partial charge is 0.496 e. The Bertz CT molecular complexity index is 903. The molecule has 0 heterocycles.